The molecule has 2 heteroatoms. The Balaban J connectivity index is 1.96. The number of hydrogen-bond donors (Lipinski definition) is 1. The van der Waals surface area contributed by atoms with Crippen molar-refractivity contribution in [1.82, 2.24) is 0 Å². The molecule has 0 radical (unpaired) electrons. The Labute approximate surface area is 127 Å². The largest absolute Gasteiger partial charge is 0.478 e. The lowest BCUT2D eigenvalue weighted by atomic mass is 9.76. The number of rotatable bonds is 5. The van der Waals surface area contributed by atoms with Crippen LogP contribution in [-0.2, 0) is 11.2 Å². The van der Waals surface area contributed by atoms with E-state index in [0.717, 1.165) is 32.1 Å². The molecule has 1 fully saturated rings. The van der Waals surface area contributed by atoms with Crippen LogP contribution >= 0.6 is 0 Å². The summed E-state index contributed by atoms with van der Waals surface area (Å²) in [4.78, 5) is 11.2. The van der Waals surface area contributed by atoms with E-state index >= 15 is 0 Å². The molecule has 0 bridgehead atoms. The summed E-state index contributed by atoms with van der Waals surface area (Å²) < 4.78 is 0. The van der Waals surface area contributed by atoms with Crippen LogP contribution in [0.4, 0.5) is 0 Å². The summed E-state index contributed by atoms with van der Waals surface area (Å²) in [5, 5.41) is 9.22. The molecule has 2 rings (SSSR count). The Kier molecular flexibility index (Phi) is 5.60. The molecule has 1 saturated carbocycles. The van der Waals surface area contributed by atoms with E-state index in [1.54, 1.807) is 6.08 Å². The highest BCUT2D eigenvalue weighted by atomic mass is 16.4. The zero-order valence-corrected chi connectivity index (χ0v) is 13.1. The molecule has 0 atom stereocenters. The van der Waals surface area contributed by atoms with Crippen molar-refractivity contribution in [2.75, 3.05) is 0 Å². The van der Waals surface area contributed by atoms with Crippen LogP contribution < -0.4 is 0 Å². The minimum Gasteiger partial charge on any atom is -0.478 e. The van der Waals surface area contributed by atoms with Crippen LogP contribution in [-0.4, -0.2) is 11.1 Å². The average molecular weight is 286 g/mol. The molecule has 0 unspecified atom stereocenters. The van der Waals surface area contributed by atoms with Gasteiger partial charge < -0.3 is 5.11 Å². The summed E-state index contributed by atoms with van der Waals surface area (Å²) in [5.41, 5.74) is 3.44. The molecule has 1 aromatic carbocycles. The third-order valence-electron chi connectivity index (χ3n) is 4.71. The van der Waals surface area contributed by atoms with E-state index in [-0.39, 0.29) is 5.92 Å². The van der Waals surface area contributed by atoms with Gasteiger partial charge in [-0.1, -0.05) is 43.7 Å². The minimum atomic E-state index is -0.745. The monoisotopic (exact) mass is 286 g/mol. The second kappa shape index (κ2) is 7.44. The van der Waals surface area contributed by atoms with Crippen molar-refractivity contribution in [3.8, 4) is 0 Å². The molecular weight excluding hydrogens is 260 g/mol. The van der Waals surface area contributed by atoms with Gasteiger partial charge in [0, 0.05) is 5.57 Å². The average Bonchev–Trinajstić information content (AvgIpc) is 2.49. The first-order valence-electron chi connectivity index (χ1n) is 8.14. The van der Waals surface area contributed by atoms with Gasteiger partial charge in [-0.15, -0.1) is 0 Å². The maximum atomic E-state index is 11.2. The highest BCUT2D eigenvalue weighted by Crippen LogP contribution is 2.38. The molecular formula is C19H26O2. The summed E-state index contributed by atoms with van der Waals surface area (Å²) in [5.74, 6) is 0.0943. The lowest BCUT2D eigenvalue weighted by Crippen LogP contribution is -2.19. The van der Waals surface area contributed by atoms with Crippen molar-refractivity contribution in [2.24, 2.45) is 5.92 Å². The Morgan fingerprint density at radius 1 is 1.19 bits per heavy atom. The van der Waals surface area contributed by atoms with E-state index in [1.165, 1.54) is 17.5 Å². The quantitative estimate of drug-likeness (QED) is 0.778. The van der Waals surface area contributed by atoms with Crippen LogP contribution in [0, 0.1) is 5.92 Å². The Morgan fingerprint density at radius 2 is 1.81 bits per heavy atom. The van der Waals surface area contributed by atoms with Crippen LogP contribution in [0.25, 0.3) is 0 Å². The van der Waals surface area contributed by atoms with Gasteiger partial charge in [0.2, 0.25) is 0 Å². The highest BCUT2D eigenvalue weighted by Gasteiger charge is 2.27. The molecule has 1 aliphatic carbocycles. The topological polar surface area (TPSA) is 37.3 Å². The predicted octanol–water partition coefficient (Wildman–Crippen LogP) is 4.94. The van der Waals surface area contributed by atoms with E-state index in [4.69, 9.17) is 0 Å². The zero-order valence-electron chi connectivity index (χ0n) is 13.1. The van der Waals surface area contributed by atoms with Crippen molar-refractivity contribution in [3.05, 3.63) is 47.0 Å². The summed E-state index contributed by atoms with van der Waals surface area (Å²) in [6.07, 6.45) is 8.29. The van der Waals surface area contributed by atoms with Gasteiger partial charge in [-0.05, 0) is 62.0 Å². The zero-order chi connectivity index (χ0) is 15.2. The Bertz CT molecular complexity index is 491. The summed E-state index contributed by atoms with van der Waals surface area (Å²) in [6, 6.07) is 9.03. The molecule has 21 heavy (non-hydrogen) atoms. The SMILES string of the molecule is CC=C(C(=O)O)[C@H]1CC[C@H](c2ccc(CCC)cc2)CC1. The van der Waals surface area contributed by atoms with Gasteiger partial charge in [0.1, 0.15) is 0 Å². The van der Waals surface area contributed by atoms with Crippen LogP contribution in [0.5, 0.6) is 0 Å². The molecule has 2 nitrogen and oxygen atoms in total. The lowest BCUT2D eigenvalue weighted by molar-refractivity contribution is -0.133. The van der Waals surface area contributed by atoms with Gasteiger partial charge in [-0.3, -0.25) is 0 Å². The first-order valence-corrected chi connectivity index (χ1v) is 8.14. The maximum Gasteiger partial charge on any atom is 0.331 e. The van der Waals surface area contributed by atoms with Crippen molar-refractivity contribution >= 4 is 5.97 Å². The number of aryl methyl sites for hydroxylation is 1. The number of carboxylic acid groups (broad SMARTS) is 1. The van der Waals surface area contributed by atoms with Gasteiger partial charge in [0.05, 0.1) is 0 Å². The first-order chi connectivity index (χ1) is 10.2. The summed E-state index contributed by atoms with van der Waals surface area (Å²) in [6.45, 7) is 4.04. The Hall–Kier alpha value is -1.57. The third-order valence-corrected chi connectivity index (χ3v) is 4.71. The predicted molar refractivity (Wildman–Crippen MR) is 86.5 cm³/mol. The number of carboxylic acids is 1. The van der Waals surface area contributed by atoms with Crippen LogP contribution in [0.1, 0.15) is 63.0 Å². The van der Waals surface area contributed by atoms with E-state index < -0.39 is 5.97 Å². The molecule has 0 aromatic heterocycles. The molecule has 1 aliphatic rings. The van der Waals surface area contributed by atoms with E-state index in [0.29, 0.717) is 11.5 Å². The first kappa shape index (κ1) is 15.8. The molecule has 114 valence electrons. The fraction of sp³-hybridized carbons (Fsp3) is 0.526. The van der Waals surface area contributed by atoms with Gasteiger partial charge in [-0.25, -0.2) is 4.79 Å². The third kappa shape index (κ3) is 3.96. The molecule has 0 saturated heterocycles. The number of benzene rings is 1. The minimum absolute atomic E-state index is 0.239. The van der Waals surface area contributed by atoms with Crippen molar-refractivity contribution in [3.63, 3.8) is 0 Å². The normalized spacial score (nSPS) is 23.0. The van der Waals surface area contributed by atoms with E-state index in [2.05, 4.69) is 31.2 Å². The lowest BCUT2D eigenvalue weighted by Gasteiger charge is -2.29. The number of hydrogen-bond acceptors (Lipinski definition) is 1. The molecule has 0 heterocycles. The fourth-order valence-electron chi connectivity index (χ4n) is 3.52. The maximum absolute atomic E-state index is 11.2. The highest BCUT2D eigenvalue weighted by molar-refractivity contribution is 5.87. The van der Waals surface area contributed by atoms with E-state index in [1.807, 2.05) is 6.92 Å². The number of carbonyl (C=O) groups is 1. The van der Waals surface area contributed by atoms with Crippen molar-refractivity contribution in [1.29, 1.82) is 0 Å². The summed E-state index contributed by atoms with van der Waals surface area (Å²) >= 11 is 0. The van der Waals surface area contributed by atoms with Gasteiger partial charge in [0.15, 0.2) is 0 Å². The fourth-order valence-corrected chi connectivity index (χ4v) is 3.52. The molecule has 0 spiro atoms. The van der Waals surface area contributed by atoms with Gasteiger partial charge >= 0.3 is 5.97 Å². The smallest absolute Gasteiger partial charge is 0.331 e. The van der Waals surface area contributed by atoms with Gasteiger partial charge in [-0.2, -0.15) is 0 Å². The second-order valence-electron chi connectivity index (χ2n) is 6.09. The molecule has 0 aliphatic heterocycles. The second-order valence-corrected chi connectivity index (χ2v) is 6.09. The standard InChI is InChI=1S/C19H26O2/c1-3-5-14-6-8-15(9-7-14)16-10-12-17(13-11-16)18(4-2)19(20)21/h4,6-9,16-17H,3,5,10-13H2,1-2H3,(H,20,21)/t16-,17-. The van der Waals surface area contributed by atoms with Crippen molar-refractivity contribution in [2.45, 2.75) is 58.3 Å². The van der Waals surface area contributed by atoms with Crippen molar-refractivity contribution < 1.29 is 9.90 Å². The van der Waals surface area contributed by atoms with Crippen LogP contribution in [0.3, 0.4) is 0 Å². The number of allylic oxidation sites excluding steroid dienone is 1. The number of aliphatic carboxylic acids is 1. The van der Waals surface area contributed by atoms with E-state index in [9.17, 15) is 9.90 Å². The Morgan fingerprint density at radius 3 is 2.29 bits per heavy atom. The molecule has 0 amide bonds. The van der Waals surface area contributed by atoms with Crippen LogP contribution in [0.2, 0.25) is 0 Å². The molecule has 1 aromatic rings. The summed E-state index contributed by atoms with van der Waals surface area (Å²) in [7, 11) is 0. The van der Waals surface area contributed by atoms with Crippen LogP contribution in [0.15, 0.2) is 35.9 Å². The van der Waals surface area contributed by atoms with Gasteiger partial charge in [0.25, 0.3) is 0 Å². The molecule has 1 N–H and O–H groups in total.